The van der Waals surface area contributed by atoms with Crippen molar-refractivity contribution >= 4 is 22.9 Å². The number of benzene rings is 2. The standard InChI is InChI=1S/C24H26N4O4S/c1-6-28-14(2)20(21(25-24(28)33)15-8-7-9-17(12-15)29-3)23-26-22(27-32-23)16-10-11-18(30-4)19(13-16)31-5/h7-13,21H,6H2,1-5H3,(H,25,33). The molecule has 1 aliphatic rings. The number of hydrogen-bond acceptors (Lipinski definition) is 7. The second kappa shape index (κ2) is 9.50. The predicted octanol–water partition coefficient (Wildman–Crippen LogP) is 4.44. The summed E-state index contributed by atoms with van der Waals surface area (Å²) in [5, 5.41) is 8.31. The molecule has 0 bridgehead atoms. The highest BCUT2D eigenvalue weighted by atomic mass is 32.1. The quantitative estimate of drug-likeness (QED) is 0.508. The lowest BCUT2D eigenvalue weighted by Gasteiger charge is -2.36. The molecule has 33 heavy (non-hydrogen) atoms. The van der Waals surface area contributed by atoms with Crippen molar-refractivity contribution in [1.29, 1.82) is 0 Å². The van der Waals surface area contributed by atoms with Crippen molar-refractivity contribution in [2.24, 2.45) is 0 Å². The van der Waals surface area contributed by atoms with Crippen LogP contribution >= 0.6 is 12.2 Å². The zero-order valence-corrected chi connectivity index (χ0v) is 20.0. The van der Waals surface area contributed by atoms with Gasteiger partial charge in [-0.25, -0.2) is 0 Å². The number of methoxy groups -OCH3 is 3. The first-order chi connectivity index (χ1) is 16.0. The Morgan fingerprint density at radius 1 is 1.06 bits per heavy atom. The van der Waals surface area contributed by atoms with Gasteiger partial charge in [0.2, 0.25) is 5.82 Å². The van der Waals surface area contributed by atoms with Gasteiger partial charge in [-0.15, -0.1) is 0 Å². The maximum Gasteiger partial charge on any atom is 0.258 e. The second-order valence-corrected chi connectivity index (χ2v) is 7.78. The van der Waals surface area contributed by atoms with Crippen molar-refractivity contribution in [1.82, 2.24) is 20.4 Å². The van der Waals surface area contributed by atoms with Gasteiger partial charge >= 0.3 is 0 Å². The van der Waals surface area contributed by atoms with Crippen molar-refractivity contribution in [3.05, 3.63) is 59.6 Å². The second-order valence-electron chi connectivity index (χ2n) is 7.40. The normalized spacial score (nSPS) is 16.0. The maximum absolute atomic E-state index is 5.76. The highest BCUT2D eigenvalue weighted by Crippen LogP contribution is 2.38. The minimum atomic E-state index is -0.269. The Bertz CT molecular complexity index is 1210. The van der Waals surface area contributed by atoms with E-state index < -0.39 is 0 Å². The van der Waals surface area contributed by atoms with Gasteiger partial charge in [-0.3, -0.25) is 0 Å². The summed E-state index contributed by atoms with van der Waals surface area (Å²) in [5.74, 6) is 2.84. The van der Waals surface area contributed by atoms with Crippen molar-refractivity contribution in [3.8, 4) is 28.6 Å². The number of ether oxygens (including phenoxy) is 3. The zero-order chi connectivity index (χ0) is 23.5. The summed E-state index contributed by atoms with van der Waals surface area (Å²) in [5.41, 5.74) is 3.55. The first-order valence-corrected chi connectivity index (χ1v) is 10.9. The van der Waals surface area contributed by atoms with E-state index >= 15 is 0 Å². The van der Waals surface area contributed by atoms with Gasteiger partial charge in [0.15, 0.2) is 16.6 Å². The monoisotopic (exact) mass is 466 g/mol. The first kappa shape index (κ1) is 22.6. The molecule has 1 unspecified atom stereocenters. The molecule has 0 aliphatic carbocycles. The molecule has 1 N–H and O–H groups in total. The average Bonchev–Trinajstić information content (AvgIpc) is 3.33. The molecule has 172 valence electrons. The molecule has 9 heteroatoms. The molecule has 8 nitrogen and oxygen atoms in total. The molecule has 0 amide bonds. The van der Waals surface area contributed by atoms with E-state index in [0.29, 0.717) is 34.9 Å². The van der Waals surface area contributed by atoms with Crippen LogP contribution in [0.1, 0.15) is 31.3 Å². The Morgan fingerprint density at radius 3 is 2.55 bits per heavy atom. The Kier molecular flexibility index (Phi) is 6.50. The van der Waals surface area contributed by atoms with Crippen LogP contribution in [0.5, 0.6) is 17.2 Å². The molecule has 0 radical (unpaired) electrons. The summed E-state index contributed by atoms with van der Waals surface area (Å²) in [6.07, 6.45) is 0. The third-order valence-corrected chi connectivity index (χ3v) is 5.98. The van der Waals surface area contributed by atoms with E-state index in [0.717, 1.165) is 28.1 Å². The summed E-state index contributed by atoms with van der Waals surface area (Å²) < 4.78 is 21.9. The molecule has 2 heterocycles. The van der Waals surface area contributed by atoms with Gasteiger partial charge in [0.25, 0.3) is 5.89 Å². The van der Waals surface area contributed by atoms with Crippen LogP contribution in [0.4, 0.5) is 0 Å². The van der Waals surface area contributed by atoms with Crippen molar-refractivity contribution in [2.75, 3.05) is 27.9 Å². The van der Waals surface area contributed by atoms with Crippen molar-refractivity contribution < 1.29 is 18.7 Å². The minimum absolute atomic E-state index is 0.269. The molecule has 1 atom stereocenters. The Hall–Kier alpha value is -3.59. The minimum Gasteiger partial charge on any atom is -0.497 e. The molecule has 0 saturated carbocycles. The lowest BCUT2D eigenvalue weighted by atomic mass is 9.94. The number of rotatable bonds is 7. The first-order valence-electron chi connectivity index (χ1n) is 10.5. The molecule has 3 aromatic rings. The number of hydrogen-bond donors (Lipinski definition) is 1. The van der Waals surface area contributed by atoms with Crippen LogP contribution in [0.25, 0.3) is 17.0 Å². The van der Waals surface area contributed by atoms with Crippen LogP contribution in [0.15, 0.2) is 52.7 Å². The molecular formula is C24H26N4O4S. The van der Waals surface area contributed by atoms with E-state index in [2.05, 4.69) is 10.5 Å². The molecule has 1 aliphatic heterocycles. The van der Waals surface area contributed by atoms with E-state index in [1.165, 1.54) is 0 Å². The molecule has 4 rings (SSSR count). The summed E-state index contributed by atoms with van der Waals surface area (Å²) in [6, 6.07) is 13.1. The van der Waals surface area contributed by atoms with Gasteiger partial charge in [-0.1, -0.05) is 17.3 Å². The Balaban J connectivity index is 1.80. The van der Waals surface area contributed by atoms with E-state index in [-0.39, 0.29) is 6.04 Å². The fourth-order valence-electron chi connectivity index (χ4n) is 3.94. The molecule has 0 saturated heterocycles. The Labute approximate surface area is 198 Å². The van der Waals surface area contributed by atoms with Crippen LogP contribution in [0.2, 0.25) is 0 Å². The molecular weight excluding hydrogens is 440 g/mol. The van der Waals surface area contributed by atoms with Gasteiger partial charge in [-0.2, -0.15) is 4.98 Å². The third kappa shape index (κ3) is 4.23. The lowest BCUT2D eigenvalue weighted by Crippen LogP contribution is -2.45. The summed E-state index contributed by atoms with van der Waals surface area (Å²) in [4.78, 5) is 6.74. The summed E-state index contributed by atoms with van der Waals surface area (Å²) in [6.45, 7) is 4.77. The number of thiocarbonyl (C=S) groups is 1. The topological polar surface area (TPSA) is 81.9 Å². The fourth-order valence-corrected chi connectivity index (χ4v) is 4.32. The SMILES string of the molecule is CCN1C(=S)NC(c2cccc(OC)c2)C(c2nc(-c3ccc(OC)c(OC)c3)no2)=C1C. The molecule has 0 fully saturated rings. The van der Waals surface area contributed by atoms with Crippen LogP contribution in [-0.4, -0.2) is 48.0 Å². The smallest absolute Gasteiger partial charge is 0.258 e. The number of allylic oxidation sites excluding steroid dienone is 1. The van der Waals surface area contributed by atoms with Crippen molar-refractivity contribution in [2.45, 2.75) is 19.9 Å². The average molecular weight is 467 g/mol. The van der Waals surface area contributed by atoms with Gasteiger partial charge < -0.3 is 29.0 Å². The highest BCUT2D eigenvalue weighted by Gasteiger charge is 2.33. The lowest BCUT2D eigenvalue weighted by molar-refractivity contribution is 0.355. The highest BCUT2D eigenvalue weighted by molar-refractivity contribution is 7.80. The molecule has 2 aromatic carbocycles. The number of nitrogens with zero attached hydrogens (tertiary/aromatic N) is 3. The predicted molar refractivity (Wildman–Crippen MR) is 129 cm³/mol. The van der Waals surface area contributed by atoms with Gasteiger partial charge in [-0.05, 0) is 62.0 Å². The zero-order valence-electron chi connectivity index (χ0n) is 19.2. The van der Waals surface area contributed by atoms with E-state index in [9.17, 15) is 0 Å². The maximum atomic E-state index is 5.76. The Morgan fingerprint density at radius 2 is 1.85 bits per heavy atom. The summed E-state index contributed by atoms with van der Waals surface area (Å²) in [7, 11) is 4.83. The number of nitrogens with one attached hydrogen (secondary N) is 1. The fraction of sp³-hybridized carbons (Fsp3) is 0.292. The van der Waals surface area contributed by atoms with Crippen LogP contribution in [0.3, 0.4) is 0 Å². The van der Waals surface area contributed by atoms with Gasteiger partial charge in [0, 0.05) is 17.8 Å². The van der Waals surface area contributed by atoms with E-state index in [1.807, 2.05) is 61.2 Å². The van der Waals surface area contributed by atoms with Crippen molar-refractivity contribution in [3.63, 3.8) is 0 Å². The van der Waals surface area contributed by atoms with E-state index in [4.69, 9.17) is 35.9 Å². The number of aromatic nitrogens is 2. The van der Waals surface area contributed by atoms with Crippen LogP contribution in [-0.2, 0) is 0 Å². The largest absolute Gasteiger partial charge is 0.497 e. The molecule has 0 spiro atoms. The van der Waals surface area contributed by atoms with Gasteiger partial charge in [0.1, 0.15) is 5.75 Å². The van der Waals surface area contributed by atoms with Crippen LogP contribution in [0, 0.1) is 0 Å². The summed E-state index contributed by atoms with van der Waals surface area (Å²) >= 11 is 5.63. The molecule has 1 aromatic heterocycles. The third-order valence-electron chi connectivity index (χ3n) is 5.64. The van der Waals surface area contributed by atoms with Gasteiger partial charge in [0.05, 0.1) is 32.9 Å². The van der Waals surface area contributed by atoms with E-state index in [1.54, 1.807) is 21.3 Å². The van der Waals surface area contributed by atoms with Crippen LogP contribution < -0.4 is 19.5 Å².